The summed E-state index contributed by atoms with van der Waals surface area (Å²) in [4.78, 5) is 6.76. The fraction of sp³-hybridized carbons (Fsp3) is 0.615. The van der Waals surface area contributed by atoms with Crippen LogP contribution in [-0.4, -0.2) is 43.7 Å². The van der Waals surface area contributed by atoms with Crippen LogP contribution in [0.2, 0.25) is 0 Å². The topological polar surface area (TPSA) is 40.2 Å². The minimum atomic E-state index is 0. The summed E-state index contributed by atoms with van der Waals surface area (Å²) in [5.74, 6) is 1.67. The van der Waals surface area contributed by atoms with Gasteiger partial charge in [-0.25, -0.2) is 0 Å². The Balaban J connectivity index is 0.00000361. The van der Waals surface area contributed by atoms with E-state index in [0.29, 0.717) is 0 Å². The highest BCUT2D eigenvalue weighted by molar-refractivity contribution is 7.80. The molecule has 0 bridgehead atoms. The lowest BCUT2D eigenvalue weighted by molar-refractivity contribution is 0.687. The Morgan fingerprint density at radius 2 is 1.45 bits per heavy atom. The van der Waals surface area contributed by atoms with E-state index in [0.717, 1.165) is 49.1 Å². The molecule has 0 aliphatic rings. The maximum Gasteiger partial charge on any atom is 0.0566 e. The molecule has 4 nitrogen and oxygen atoms in total. The van der Waals surface area contributed by atoms with Gasteiger partial charge < -0.3 is 15.5 Å². The number of pyridine rings is 1. The van der Waals surface area contributed by atoms with Gasteiger partial charge in [-0.15, -0.1) is 12.4 Å². The van der Waals surface area contributed by atoms with Crippen molar-refractivity contribution in [2.45, 2.75) is 13.1 Å². The highest BCUT2D eigenvalue weighted by atomic mass is 35.5. The first-order valence-electron chi connectivity index (χ1n) is 6.47. The third-order valence-electron chi connectivity index (χ3n) is 2.62. The minimum absolute atomic E-state index is 0. The van der Waals surface area contributed by atoms with E-state index in [1.54, 1.807) is 0 Å². The maximum atomic E-state index is 4.66. The zero-order valence-corrected chi connectivity index (χ0v) is 14.7. The molecule has 0 fully saturated rings. The van der Waals surface area contributed by atoms with Gasteiger partial charge in [-0.3, -0.25) is 4.98 Å². The van der Waals surface area contributed by atoms with Gasteiger partial charge in [0.25, 0.3) is 0 Å². The van der Waals surface area contributed by atoms with Gasteiger partial charge in [0, 0.05) is 57.5 Å². The molecule has 1 aromatic heterocycles. The van der Waals surface area contributed by atoms with E-state index in [-0.39, 0.29) is 12.4 Å². The molecule has 0 radical (unpaired) electrons. The van der Waals surface area contributed by atoms with Crippen molar-refractivity contribution >= 4 is 43.4 Å². The second-order valence-corrected chi connectivity index (χ2v) is 5.40. The molecule has 116 valence electrons. The number of thiol groups is 2. The third kappa shape index (κ3) is 7.59. The summed E-state index contributed by atoms with van der Waals surface area (Å²) in [6.07, 6.45) is 0. The normalized spacial score (nSPS) is 10.2. The molecule has 0 unspecified atom stereocenters. The van der Waals surface area contributed by atoms with Crippen molar-refractivity contribution in [1.29, 1.82) is 0 Å². The van der Waals surface area contributed by atoms with Crippen LogP contribution >= 0.6 is 37.7 Å². The van der Waals surface area contributed by atoms with Crippen LogP contribution in [0.4, 0.5) is 5.69 Å². The van der Waals surface area contributed by atoms with Crippen molar-refractivity contribution in [3.63, 3.8) is 0 Å². The number of rotatable bonds is 9. The van der Waals surface area contributed by atoms with Gasteiger partial charge in [0.05, 0.1) is 11.4 Å². The molecule has 0 aliphatic heterocycles. The summed E-state index contributed by atoms with van der Waals surface area (Å²) in [5.41, 5.74) is 3.31. The molecule has 20 heavy (non-hydrogen) atoms. The van der Waals surface area contributed by atoms with Gasteiger partial charge in [0.2, 0.25) is 0 Å². The molecule has 0 aliphatic carbocycles. The van der Waals surface area contributed by atoms with Crippen LogP contribution in [0, 0.1) is 0 Å². The van der Waals surface area contributed by atoms with Gasteiger partial charge in [0.15, 0.2) is 0 Å². The lowest BCUT2D eigenvalue weighted by Gasteiger charge is -2.16. The summed E-state index contributed by atoms with van der Waals surface area (Å²) in [5, 5.41) is 6.64. The molecule has 0 aromatic carbocycles. The van der Waals surface area contributed by atoms with E-state index in [4.69, 9.17) is 0 Å². The summed E-state index contributed by atoms with van der Waals surface area (Å²) in [7, 11) is 4.09. The SMILES string of the molecule is CN(C)c1cc(CNCCS)nc(CNCCS)c1.Cl. The molecular weight excluding hydrogens is 312 g/mol. The van der Waals surface area contributed by atoms with E-state index in [2.05, 4.69) is 57.9 Å². The summed E-state index contributed by atoms with van der Waals surface area (Å²) >= 11 is 8.38. The lowest BCUT2D eigenvalue weighted by atomic mass is 10.2. The van der Waals surface area contributed by atoms with E-state index in [1.807, 2.05) is 14.1 Å². The first-order valence-corrected chi connectivity index (χ1v) is 7.74. The third-order valence-corrected chi connectivity index (χ3v) is 3.07. The van der Waals surface area contributed by atoms with Gasteiger partial charge in [-0.2, -0.15) is 25.3 Å². The minimum Gasteiger partial charge on any atom is -0.378 e. The highest BCUT2D eigenvalue weighted by Crippen LogP contribution is 2.14. The summed E-state index contributed by atoms with van der Waals surface area (Å²) < 4.78 is 0. The van der Waals surface area contributed by atoms with Crippen molar-refractivity contribution < 1.29 is 0 Å². The Hall–Kier alpha value is -0.140. The largest absolute Gasteiger partial charge is 0.378 e. The van der Waals surface area contributed by atoms with Crippen molar-refractivity contribution in [1.82, 2.24) is 15.6 Å². The molecule has 1 rings (SSSR count). The molecule has 0 atom stereocenters. The number of nitrogens with one attached hydrogen (secondary N) is 2. The second kappa shape index (κ2) is 11.5. The maximum absolute atomic E-state index is 4.66. The predicted octanol–water partition coefficient (Wildman–Crippen LogP) is 1.61. The van der Waals surface area contributed by atoms with Crippen LogP contribution in [0.1, 0.15) is 11.4 Å². The smallest absolute Gasteiger partial charge is 0.0566 e. The van der Waals surface area contributed by atoms with Crippen molar-refractivity contribution in [3.8, 4) is 0 Å². The van der Waals surface area contributed by atoms with Crippen molar-refractivity contribution in [3.05, 3.63) is 23.5 Å². The van der Waals surface area contributed by atoms with Gasteiger partial charge in [-0.05, 0) is 12.1 Å². The quantitative estimate of drug-likeness (QED) is 0.408. The average molecular weight is 337 g/mol. The lowest BCUT2D eigenvalue weighted by Crippen LogP contribution is -2.20. The number of hydrogen-bond donors (Lipinski definition) is 4. The molecule has 7 heteroatoms. The fourth-order valence-corrected chi connectivity index (χ4v) is 1.98. The van der Waals surface area contributed by atoms with E-state index in [1.165, 1.54) is 5.69 Å². The first-order chi connectivity index (χ1) is 9.17. The molecule has 0 spiro atoms. The first kappa shape index (κ1) is 19.9. The van der Waals surface area contributed by atoms with Crippen LogP contribution in [0.5, 0.6) is 0 Å². The summed E-state index contributed by atoms with van der Waals surface area (Å²) in [6.45, 7) is 3.35. The Kier molecular flexibility index (Phi) is 11.4. The van der Waals surface area contributed by atoms with Crippen LogP contribution in [0.3, 0.4) is 0 Å². The van der Waals surface area contributed by atoms with Gasteiger partial charge in [-0.1, -0.05) is 0 Å². The average Bonchev–Trinajstić information content (AvgIpc) is 2.39. The molecule has 1 heterocycles. The standard InChI is InChI=1S/C13H24N4S2.ClH/c1-17(2)13-7-11(9-14-3-5-18)16-12(8-13)10-15-4-6-19;/h7-8,14-15,18-19H,3-6,9-10H2,1-2H3;1H. The zero-order chi connectivity index (χ0) is 14.1. The highest BCUT2D eigenvalue weighted by Gasteiger charge is 2.04. The van der Waals surface area contributed by atoms with E-state index in [9.17, 15) is 0 Å². The number of anilines is 1. The number of hydrogen-bond acceptors (Lipinski definition) is 6. The molecule has 0 amide bonds. The van der Waals surface area contributed by atoms with Crippen LogP contribution in [-0.2, 0) is 13.1 Å². The predicted molar refractivity (Wildman–Crippen MR) is 96.9 cm³/mol. The molecule has 0 saturated carbocycles. The number of halogens is 1. The molecule has 1 aromatic rings. The Morgan fingerprint density at radius 1 is 1.00 bits per heavy atom. The van der Waals surface area contributed by atoms with Crippen molar-refractivity contribution in [2.24, 2.45) is 0 Å². The Labute approximate surface area is 139 Å². The van der Waals surface area contributed by atoms with Crippen LogP contribution in [0.25, 0.3) is 0 Å². The van der Waals surface area contributed by atoms with Crippen LogP contribution in [0.15, 0.2) is 12.1 Å². The molecule has 2 N–H and O–H groups in total. The Bertz CT molecular complexity index is 349. The zero-order valence-electron chi connectivity index (χ0n) is 12.1. The molecular formula is C13H25ClN4S2. The van der Waals surface area contributed by atoms with E-state index < -0.39 is 0 Å². The van der Waals surface area contributed by atoms with Gasteiger partial charge >= 0.3 is 0 Å². The van der Waals surface area contributed by atoms with Gasteiger partial charge in [0.1, 0.15) is 0 Å². The monoisotopic (exact) mass is 336 g/mol. The fourth-order valence-electron chi connectivity index (χ4n) is 1.66. The Morgan fingerprint density at radius 3 is 1.80 bits per heavy atom. The number of aromatic nitrogens is 1. The van der Waals surface area contributed by atoms with Crippen molar-refractivity contribution in [2.75, 3.05) is 43.6 Å². The van der Waals surface area contributed by atoms with E-state index >= 15 is 0 Å². The summed E-state index contributed by atoms with van der Waals surface area (Å²) in [6, 6.07) is 4.24. The number of nitrogens with zero attached hydrogens (tertiary/aromatic N) is 2. The second-order valence-electron chi connectivity index (χ2n) is 4.50. The van der Waals surface area contributed by atoms with Crippen LogP contribution < -0.4 is 15.5 Å². The molecule has 0 saturated heterocycles.